The molecule has 1 aliphatic rings. The summed E-state index contributed by atoms with van der Waals surface area (Å²) in [6, 6.07) is 18.7. The largest absolute Gasteiger partial charge is 0.373 e. The van der Waals surface area contributed by atoms with Crippen LogP contribution in [0.2, 0.25) is 0 Å². The SMILES string of the molecule is Cc1ccc(C2OCCCC2CNC(=NCc2ccccc2)NCC(=O)N(C)C)cc1.I. The summed E-state index contributed by atoms with van der Waals surface area (Å²) < 4.78 is 6.15. The van der Waals surface area contributed by atoms with Crippen LogP contribution in [-0.2, 0) is 16.1 Å². The molecule has 0 aliphatic carbocycles. The normalized spacial score (nSPS) is 18.4. The maximum absolute atomic E-state index is 12.1. The number of amides is 1. The molecule has 2 aromatic carbocycles. The third kappa shape index (κ3) is 8.09. The Morgan fingerprint density at radius 2 is 1.81 bits per heavy atom. The van der Waals surface area contributed by atoms with E-state index in [0.717, 1.165) is 31.6 Å². The van der Waals surface area contributed by atoms with E-state index in [9.17, 15) is 4.79 Å². The molecular weight excluding hydrogens is 515 g/mol. The van der Waals surface area contributed by atoms with E-state index in [0.29, 0.717) is 18.4 Å². The third-order valence-corrected chi connectivity index (χ3v) is 5.55. The van der Waals surface area contributed by atoms with E-state index >= 15 is 0 Å². The van der Waals surface area contributed by atoms with Gasteiger partial charge in [-0.3, -0.25) is 4.79 Å². The van der Waals surface area contributed by atoms with Gasteiger partial charge in [0.15, 0.2) is 5.96 Å². The highest BCUT2D eigenvalue weighted by molar-refractivity contribution is 14.0. The molecule has 2 atom stereocenters. The quantitative estimate of drug-likeness (QED) is 0.312. The molecule has 0 saturated carbocycles. The second kappa shape index (κ2) is 13.4. The first kappa shape index (κ1) is 26.1. The average Bonchev–Trinajstić information content (AvgIpc) is 2.79. The van der Waals surface area contributed by atoms with Crippen molar-refractivity contribution < 1.29 is 9.53 Å². The van der Waals surface area contributed by atoms with Crippen molar-refractivity contribution in [1.82, 2.24) is 15.5 Å². The molecule has 2 unspecified atom stereocenters. The van der Waals surface area contributed by atoms with Crippen LogP contribution in [-0.4, -0.2) is 50.6 Å². The van der Waals surface area contributed by atoms with Gasteiger partial charge >= 0.3 is 0 Å². The van der Waals surface area contributed by atoms with Gasteiger partial charge in [-0.15, -0.1) is 24.0 Å². The second-order valence-electron chi connectivity index (χ2n) is 8.28. The summed E-state index contributed by atoms with van der Waals surface area (Å²) in [6.45, 7) is 4.38. The predicted octanol–water partition coefficient (Wildman–Crippen LogP) is 3.90. The van der Waals surface area contributed by atoms with Gasteiger partial charge in [0.1, 0.15) is 0 Å². The van der Waals surface area contributed by atoms with Crippen molar-refractivity contribution in [3.8, 4) is 0 Å². The standard InChI is InChI=1S/C25H34N4O2.HI/c1-19-11-13-21(14-12-19)24-22(10-7-15-31-24)17-27-25(28-18-23(30)29(2)3)26-16-20-8-5-4-6-9-20;/h4-6,8-9,11-14,22,24H,7,10,15-18H2,1-3H3,(H2,26,27,28);1H. The van der Waals surface area contributed by atoms with Gasteiger partial charge in [0.25, 0.3) is 0 Å². The fourth-order valence-electron chi connectivity index (χ4n) is 3.65. The Morgan fingerprint density at radius 3 is 2.50 bits per heavy atom. The molecule has 0 radical (unpaired) electrons. The van der Waals surface area contributed by atoms with Crippen molar-refractivity contribution in [2.24, 2.45) is 10.9 Å². The Balaban J connectivity index is 0.00000363. The number of likely N-dealkylation sites (N-methyl/N-ethyl adjacent to an activating group) is 1. The number of hydrogen-bond acceptors (Lipinski definition) is 3. The third-order valence-electron chi connectivity index (χ3n) is 5.55. The number of hydrogen-bond donors (Lipinski definition) is 2. The molecule has 1 amide bonds. The number of guanidine groups is 1. The van der Waals surface area contributed by atoms with E-state index < -0.39 is 0 Å². The van der Waals surface area contributed by atoms with Gasteiger partial charge in [0, 0.05) is 33.2 Å². The summed E-state index contributed by atoms with van der Waals surface area (Å²) >= 11 is 0. The van der Waals surface area contributed by atoms with Crippen LogP contribution >= 0.6 is 24.0 Å². The van der Waals surface area contributed by atoms with Crippen LogP contribution in [0.4, 0.5) is 0 Å². The number of aliphatic imine (C=N–C) groups is 1. The maximum atomic E-state index is 12.1. The van der Waals surface area contributed by atoms with Crippen LogP contribution in [0.1, 0.15) is 35.6 Å². The van der Waals surface area contributed by atoms with E-state index in [2.05, 4.69) is 54.0 Å². The first-order chi connectivity index (χ1) is 15.0. The van der Waals surface area contributed by atoms with E-state index in [1.54, 1.807) is 19.0 Å². The highest BCUT2D eigenvalue weighted by Crippen LogP contribution is 2.33. The number of nitrogens with one attached hydrogen (secondary N) is 2. The number of aryl methyl sites for hydroxylation is 1. The predicted molar refractivity (Wildman–Crippen MR) is 140 cm³/mol. The van der Waals surface area contributed by atoms with Crippen LogP contribution in [0, 0.1) is 12.8 Å². The first-order valence-corrected chi connectivity index (χ1v) is 11.0. The zero-order valence-corrected chi connectivity index (χ0v) is 21.5. The summed E-state index contributed by atoms with van der Waals surface area (Å²) in [5.74, 6) is 0.991. The molecule has 1 fully saturated rings. The number of nitrogens with zero attached hydrogens (tertiary/aromatic N) is 2. The van der Waals surface area contributed by atoms with E-state index in [4.69, 9.17) is 9.73 Å². The molecule has 3 rings (SSSR count). The number of rotatable bonds is 7. The minimum absolute atomic E-state index is 0. The molecule has 6 nitrogen and oxygen atoms in total. The van der Waals surface area contributed by atoms with Crippen molar-refractivity contribution in [3.05, 3.63) is 71.3 Å². The van der Waals surface area contributed by atoms with Crippen LogP contribution < -0.4 is 10.6 Å². The Bertz CT molecular complexity index is 856. The summed E-state index contributed by atoms with van der Waals surface area (Å²) in [4.78, 5) is 18.3. The van der Waals surface area contributed by atoms with E-state index in [1.807, 2.05) is 18.2 Å². The number of carbonyl (C=O) groups excluding carboxylic acids is 1. The van der Waals surface area contributed by atoms with Gasteiger partial charge < -0.3 is 20.3 Å². The van der Waals surface area contributed by atoms with E-state index in [1.165, 1.54) is 11.1 Å². The fourth-order valence-corrected chi connectivity index (χ4v) is 3.65. The topological polar surface area (TPSA) is 66.0 Å². The Hall–Kier alpha value is -2.13. The lowest BCUT2D eigenvalue weighted by Gasteiger charge is -2.32. The van der Waals surface area contributed by atoms with Crippen molar-refractivity contribution in [1.29, 1.82) is 0 Å². The van der Waals surface area contributed by atoms with Gasteiger partial charge in [-0.05, 0) is 30.9 Å². The molecule has 0 spiro atoms. The zero-order chi connectivity index (χ0) is 22.1. The van der Waals surface area contributed by atoms with Crippen LogP contribution in [0.25, 0.3) is 0 Å². The Kier molecular flexibility index (Phi) is 11.0. The Labute approximate surface area is 208 Å². The summed E-state index contributed by atoms with van der Waals surface area (Å²) in [7, 11) is 3.51. The minimum atomic E-state index is 0. The Morgan fingerprint density at radius 1 is 1.09 bits per heavy atom. The molecule has 0 bridgehead atoms. The highest BCUT2D eigenvalue weighted by Gasteiger charge is 2.27. The molecule has 0 aromatic heterocycles. The van der Waals surface area contributed by atoms with Gasteiger partial charge in [-0.25, -0.2) is 4.99 Å². The van der Waals surface area contributed by atoms with E-state index in [-0.39, 0.29) is 42.5 Å². The van der Waals surface area contributed by atoms with Gasteiger partial charge in [-0.2, -0.15) is 0 Å². The number of ether oxygens (including phenoxy) is 1. The summed E-state index contributed by atoms with van der Waals surface area (Å²) in [6.07, 6.45) is 2.21. The molecular formula is C25H35IN4O2. The molecule has 1 aliphatic heterocycles. The van der Waals surface area contributed by atoms with Crippen LogP contribution in [0.5, 0.6) is 0 Å². The van der Waals surface area contributed by atoms with Crippen LogP contribution in [0.15, 0.2) is 59.6 Å². The minimum Gasteiger partial charge on any atom is -0.373 e. The summed E-state index contributed by atoms with van der Waals surface area (Å²) in [5.41, 5.74) is 3.59. The maximum Gasteiger partial charge on any atom is 0.241 e. The number of halogens is 1. The monoisotopic (exact) mass is 550 g/mol. The molecule has 2 N–H and O–H groups in total. The van der Waals surface area contributed by atoms with Gasteiger partial charge in [0.2, 0.25) is 5.91 Å². The molecule has 2 aromatic rings. The van der Waals surface area contributed by atoms with Gasteiger partial charge in [0.05, 0.1) is 19.2 Å². The lowest BCUT2D eigenvalue weighted by atomic mass is 9.89. The average molecular weight is 550 g/mol. The smallest absolute Gasteiger partial charge is 0.241 e. The number of carbonyl (C=O) groups is 1. The zero-order valence-electron chi connectivity index (χ0n) is 19.2. The first-order valence-electron chi connectivity index (χ1n) is 11.0. The molecule has 32 heavy (non-hydrogen) atoms. The second-order valence-corrected chi connectivity index (χ2v) is 8.28. The van der Waals surface area contributed by atoms with Gasteiger partial charge in [-0.1, -0.05) is 60.2 Å². The highest BCUT2D eigenvalue weighted by atomic mass is 127. The molecule has 1 heterocycles. The molecule has 174 valence electrons. The fraction of sp³-hybridized carbons (Fsp3) is 0.440. The molecule has 7 heteroatoms. The van der Waals surface area contributed by atoms with Crippen molar-refractivity contribution >= 4 is 35.8 Å². The summed E-state index contributed by atoms with van der Waals surface area (Å²) in [5, 5.41) is 6.63. The van der Waals surface area contributed by atoms with Crippen LogP contribution in [0.3, 0.4) is 0 Å². The lowest BCUT2D eigenvalue weighted by Crippen LogP contribution is -2.45. The lowest BCUT2D eigenvalue weighted by molar-refractivity contribution is -0.127. The van der Waals surface area contributed by atoms with Crippen molar-refractivity contribution in [2.75, 3.05) is 33.8 Å². The van der Waals surface area contributed by atoms with Crippen molar-refractivity contribution in [2.45, 2.75) is 32.4 Å². The molecule has 1 saturated heterocycles. The van der Waals surface area contributed by atoms with Crippen molar-refractivity contribution in [3.63, 3.8) is 0 Å². The number of benzene rings is 2.